The zero-order chi connectivity index (χ0) is 16.0. The molecule has 0 radical (unpaired) electrons. The smallest absolute Gasteiger partial charge is 0.258 e. The van der Waals surface area contributed by atoms with E-state index in [1.807, 2.05) is 6.07 Å². The first kappa shape index (κ1) is 15.2. The van der Waals surface area contributed by atoms with Crippen molar-refractivity contribution in [3.63, 3.8) is 0 Å². The molecule has 0 N–H and O–H groups in total. The molecule has 0 saturated heterocycles. The van der Waals surface area contributed by atoms with Gasteiger partial charge in [-0.15, -0.1) is 0 Å². The van der Waals surface area contributed by atoms with Crippen molar-refractivity contribution in [2.75, 3.05) is 0 Å². The van der Waals surface area contributed by atoms with Gasteiger partial charge in [0.1, 0.15) is 0 Å². The van der Waals surface area contributed by atoms with E-state index in [1.165, 1.54) is 30.3 Å². The SMILES string of the molecule is CC(N=C=O)(N=Nc1ccc([N+](=O)[O-])cc1)c1ccccc1. The molecule has 110 valence electrons. The van der Waals surface area contributed by atoms with Gasteiger partial charge in [-0.05, 0) is 19.1 Å². The number of nitro benzene ring substituents is 1. The van der Waals surface area contributed by atoms with Gasteiger partial charge in [-0.2, -0.15) is 15.2 Å². The summed E-state index contributed by atoms with van der Waals surface area (Å²) in [5.41, 5.74) is -0.112. The van der Waals surface area contributed by atoms with Crippen LogP contribution in [0.1, 0.15) is 12.5 Å². The van der Waals surface area contributed by atoms with Gasteiger partial charge in [-0.3, -0.25) is 10.1 Å². The van der Waals surface area contributed by atoms with Gasteiger partial charge in [-0.1, -0.05) is 30.3 Å². The van der Waals surface area contributed by atoms with Gasteiger partial charge in [0.25, 0.3) is 5.69 Å². The number of nitrogens with zero attached hydrogens (tertiary/aromatic N) is 4. The standard InChI is InChI=1S/C15H12N4O3/c1-15(16-11-20,12-5-3-2-4-6-12)18-17-13-7-9-14(10-8-13)19(21)22/h2-10H,1H3. The first-order valence-corrected chi connectivity index (χ1v) is 6.37. The fourth-order valence-corrected chi connectivity index (χ4v) is 1.78. The van der Waals surface area contributed by atoms with Crippen LogP contribution in [0.4, 0.5) is 11.4 Å². The van der Waals surface area contributed by atoms with Crippen LogP contribution in [0, 0.1) is 10.1 Å². The lowest BCUT2D eigenvalue weighted by molar-refractivity contribution is -0.384. The molecule has 2 aromatic carbocycles. The van der Waals surface area contributed by atoms with Crippen LogP contribution in [0.3, 0.4) is 0 Å². The Bertz CT molecular complexity index is 737. The summed E-state index contributed by atoms with van der Waals surface area (Å²) in [4.78, 5) is 24.5. The maximum atomic E-state index is 10.7. The van der Waals surface area contributed by atoms with Crippen molar-refractivity contribution in [3.05, 3.63) is 70.3 Å². The minimum absolute atomic E-state index is 0.0318. The molecule has 0 aliphatic heterocycles. The highest BCUT2D eigenvalue weighted by Crippen LogP contribution is 2.29. The van der Waals surface area contributed by atoms with Gasteiger partial charge in [0.15, 0.2) is 0 Å². The van der Waals surface area contributed by atoms with Gasteiger partial charge in [-0.25, -0.2) is 4.79 Å². The lowest BCUT2D eigenvalue weighted by atomic mass is 10.0. The van der Waals surface area contributed by atoms with Crippen molar-refractivity contribution in [1.82, 2.24) is 0 Å². The van der Waals surface area contributed by atoms with Crippen LogP contribution < -0.4 is 0 Å². The second-order valence-electron chi connectivity index (χ2n) is 4.56. The third kappa shape index (κ3) is 3.47. The molecule has 0 bridgehead atoms. The van der Waals surface area contributed by atoms with Crippen LogP contribution in [0.15, 0.2) is 69.8 Å². The number of isocyanates is 1. The summed E-state index contributed by atoms with van der Waals surface area (Å²) < 4.78 is 0. The van der Waals surface area contributed by atoms with E-state index >= 15 is 0 Å². The van der Waals surface area contributed by atoms with E-state index in [4.69, 9.17) is 0 Å². The highest BCUT2D eigenvalue weighted by molar-refractivity contribution is 5.44. The minimum Gasteiger partial charge on any atom is -0.258 e. The maximum Gasteiger partial charge on any atom is 0.269 e. The molecule has 1 atom stereocenters. The Morgan fingerprint density at radius 2 is 1.73 bits per heavy atom. The molecule has 22 heavy (non-hydrogen) atoms. The maximum absolute atomic E-state index is 10.7. The molecule has 0 aromatic heterocycles. The molecule has 0 amide bonds. The van der Waals surface area contributed by atoms with Gasteiger partial charge in [0.2, 0.25) is 11.7 Å². The number of aliphatic imine (C=N–C) groups is 1. The minimum atomic E-state index is -1.19. The van der Waals surface area contributed by atoms with Crippen molar-refractivity contribution in [2.24, 2.45) is 15.2 Å². The van der Waals surface area contributed by atoms with Crippen LogP contribution in [0.25, 0.3) is 0 Å². The molecule has 0 fully saturated rings. The summed E-state index contributed by atoms with van der Waals surface area (Å²) >= 11 is 0. The summed E-state index contributed by atoms with van der Waals surface area (Å²) in [6, 6.07) is 14.6. The molecule has 0 aliphatic carbocycles. The molecule has 1 unspecified atom stereocenters. The Hall–Kier alpha value is -3.18. The molecular weight excluding hydrogens is 284 g/mol. The van der Waals surface area contributed by atoms with Gasteiger partial charge >= 0.3 is 0 Å². The quantitative estimate of drug-likeness (QED) is 0.275. The number of hydrogen-bond acceptors (Lipinski definition) is 6. The molecule has 2 rings (SSSR count). The Labute approximate surface area is 126 Å². The van der Waals surface area contributed by atoms with Crippen molar-refractivity contribution in [3.8, 4) is 0 Å². The Balaban J connectivity index is 2.31. The van der Waals surface area contributed by atoms with Crippen molar-refractivity contribution >= 4 is 17.5 Å². The van der Waals surface area contributed by atoms with Crippen LogP contribution in [0.2, 0.25) is 0 Å². The molecule has 7 heteroatoms. The van der Waals surface area contributed by atoms with E-state index in [2.05, 4.69) is 15.2 Å². The first-order valence-electron chi connectivity index (χ1n) is 6.37. The zero-order valence-electron chi connectivity index (χ0n) is 11.7. The topological polar surface area (TPSA) is 97.3 Å². The fourth-order valence-electron chi connectivity index (χ4n) is 1.78. The third-order valence-corrected chi connectivity index (χ3v) is 3.00. The normalized spacial score (nSPS) is 13.3. The number of benzene rings is 2. The third-order valence-electron chi connectivity index (χ3n) is 3.00. The molecule has 2 aromatic rings. The Morgan fingerprint density at radius 1 is 1.09 bits per heavy atom. The average Bonchev–Trinajstić information content (AvgIpc) is 2.54. The molecule has 0 heterocycles. The van der Waals surface area contributed by atoms with Crippen molar-refractivity contribution < 1.29 is 9.72 Å². The molecular formula is C15H12N4O3. The van der Waals surface area contributed by atoms with Gasteiger partial charge in [0, 0.05) is 17.7 Å². The van der Waals surface area contributed by atoms with Crippen LogP contribution in [-0.2, 0) is 10.5 Å². The van der Waals surface area contributed by atoms with Gasteiger partial charge in [0.05, 0.1) is 10.6 Å². The van der Waals surface area contributed by atoms with E-state index in [0.29, 0.717) is 11.3 Å². The lowest BCUT2D eigenvalue weighted by Crippen LogP contribution is -2.14. The van der Waals surface area contributed by atoms with Crippen LogP contribution in [0.5, 0.6) is 0 Å². The average molecular weight is 296 g/mol. The number of carbonyl (C=O) groups excluding carboxylic acids is 1. The molecule has 0 spiro atoms. The van der Waals surface area contributed by atoms with E-state index in [0.717, 1.165) is 0 Å². The summed E-state index contributed by atoms with van der Waals surface area (Å²) in [5.74, 6) is 0. The van der Waals surface area contributed by atoms with E-state index in [-0.39, 0.29) is 5.69 Å². The predicted octanol–water partition coefficient (Wildman–Crippen LogP) is 3.89. The largest absolute Gasteiger partial charge is 0.269 e. The van der Waals surface area contributed by atoms with Crippen molar-refractivity contribution in [1.29, 1.82) is 0 Å². The van der Waals surface area contributed by atoms with Crippen LogP contribution in [-0.4, -0.2) is 11.0 Å². The monoisotopic (exact) mass is 296 g/mol. The second-order valence-corrected chi connectivity index (χ2v) is 4.56. The van der Waals surface area contributed by atoms with Crippen molar-refractivity contribution in [2.45, 2.75) is 12.6 Å². The van der Waals surface area contributed by atoms with E-state index in [9.17, 15) is 14.9 Å². The highest BCUT2D eigenvalue weighted by atomic mass is 16.6. The molecule has 0 saturated carbocycles. The van der Waals surface area contributed by atoms with Crippen LogP contribution >= 0.6 is 0 Å². The Kier molecular flexibility index (Phi) is 4.50. The Morgan fingerprint density at radius 3 is 2.27 bits per heavy atom. The molecule has 0 aliphatic rings. The summed E-state index contributed by atoms with van der Waals surface area (Å²) in [6.07, 6.45) is 1.50. The summed E-state index contributed by atoms with van der Waals surface area (Å²) in [6.45, 7) is 1.63. The summed E-state index contributed by atoms with van der Waals surface area (Å²) in [5, 5.41) is 18.7. The first-order chi connectivity index (χ1) is 10.5. The zero-order valence-corrected chi connectivity index (χ0v) is 11.7. The molecule has 7 nitrogen and oxygen atoms in total. The second kappa shape index (κ2) is 6.51. The number of azo groups is 1. The van der Waals surface area contributed by atoms with E-state index < -0.39 is 10.6 Å². The number of rotatable bonds is 5. The fraction of sp³-hybridized carbons (Fsp3) is 0.133. The number of nitro groups is 1. The summed E-state index contributed by atoms with van der Waals surface area (Å²) in [7, 11) is 0. The number of non-ortho nitro benzene ring substituents is 1. The predicted molar refractivity (Wildman–Crippen MR) is 79.5 cm³/mol. The number of hydrogen-bond donors (Lipinski definition) is 0. The highest BCUT2D eigenvalue weighted by Gasteiger charge is 2.25. The van der Waals surface area contributed by atoms with E-state index in [1.54, 1.807) is 31.2 Å². The van der Waals surface area contributed by atoms with Gasteiger partial charge < -0.3 is 0 Å². The lowest BCUT2D eigenvalue weighted by Gasteiger charge is -2.17.